The standard InChI is InChI=1S/C65H122O12/c1-4-7-10-13-16-19-22-25-27-28-29-30-32-34-36-39-42-45-48-51-57(66)73-54-56(75-58(67)52-49-46-43-40-37-33-24-21-18-15-12-9-6-3)55-74-65-63(61(70)60(69)62(77-65)64(71)72)76-59(68)53-50-47-44-41-38-35-31-26-23-20-17-14-11-8-5-2/h56,60-63,65,69-70H,4-55H2,1-3H3,(H,71,72). The first-order valence-corrected chi connectivity index (χ1v) is 33.0. The molecule has 1 heterocycles. The Morgan fingerprint density at radius 3 is 0.974 bits per heavy atom. The summed E-state index contributed by atoms with van der Waals surface area (Å²) in [7, 11) is 0. The van der Waals surface area contributed by atoms with Crippen molar-refractivity contribution in [1.29, 1.82) is 0 Å². The summed E-state index contributed by atoms with van der Waals surface area (Å²) in [6.07, 6.45) is 47.8. The van der Waals surface area contributed by atoms with Crippen LogP contribution in [0.15, 0.2) is 0 Å². The zero-order chi connectivity index (χ0) is 56.1. The largest absolute Gasteiger partial charge is 0.479 e. The van der Waals surface area contributed by atoms with Crippen molar-refractivity contribution in [2.45, 2.75) is 379 Å². The maximum Gasteiger partial charge on any atom is 0.335 e. The first-order valence-electron chi connectivity index (χ1n) is 33.0. The molecule has 0 aromatic carbocycles. The van der Waals surface area contributed by atoms with Crippen molar-refractivity contribution in [3.8, 4) is 0 Å². The average Bonchev–Trinajstić information content (AvgIpc) is 3.42. The maximum atomic E-state index is 13.2. The number of carboxylic acid groups (broad SMARTS) is 1. The minimum atomic E-state index is -1.89. The highest BCUT2D eigenvalue weighted by molar-refractivity contribution is 5.74. The molecule has 0 saturated carbocycles. The third-order valence-electron chi connectivity index (χ3n) is 15.7. The number of aliphatic hydroxyl groups excluding tert-OH is 2. The summed E-state index contributed by atoms with van der Waals surface area (Å²) in [6, 6.07) is 0. The van der Waals surface area contributed by atoms with E-state index in [4.69, 9.17) is 23.7 Å². The molecule has 0 amide bonds. The fraction of sp³-hybridized carbons (Fsp3) is 0.938. The summed E-state index contributed by atoms with van der Waals surface area (Å²) in [6.45, 7) is 6.06. The summed E-state index contributed by atoms with van der Waals surface area (Å²) in [5, 5.41) is 31.6. The summed E-state index contributed by atoms with van der Waals surface area (Å²) in [5.41, 5.74) is 0. The van der Waals surface area contributed by atoms with Crippen molar-refractivity contribution >= 4 is 23.9 Å². The number of hydrogen-bond acceptors (Lipinski definition) is 11. The molecule has 0 aromatic heterocycles. The van der Waals surface area contributed by atoms with Crippen LogP contribution >= 0.6 is 0 Å². The molecule has 1 saturated heterocycles. The summed E-state index contributed by atoms with van der Waals surface area (Å²) in [4.78, 5) is 51.3. The highest BCUT2D eigenvalue weighted by atomic mass is 16.7. The number of carbonyl (C=O) groups excluding carboxylic acids is 3. The van der Waals surface area contributed by atoms with Gasteiger partial charge in [0.15, 0.2) is 24.6 Å². The Morgan fingerprint density at radius 2 is 0.662 bits per heavy atom. The van der Waals surface area contributed by atoms with Crippen molar-refractivity contribution in [2.75, 3.05) is 13.2 Å². The van der Waals surface area contributed by atoms with Crippen LogP contribution in [0.25, 0.3) is 0 Å². The fourth-order valence-corrected chi connectivity index (χ4v) is 10.6. The minimum Gasteiger partial charge on any atom is -0.479 e. The molecule has 0 bridgehead atoms. The second-order valence-electron chi connectivity index (χ2n) is 23.1. The van der Waals surface area contributed by atoms with E-state index in [1.165, 1.54) is 225 Å². The van der Waals surface area contributed by atoms with Crippen LogP contribution in [-0.2, 0) is 42.9 Å². The van der Waals surface area contributed by atoms with Crippen LogP contribution in [0.2, 0.25) is 0 Å². The first kappa shape index (κ1) is 72.7. The molecule has 0 aromatic rings. The first-order chi connectivity index (χ1) is 37.6. The highest BCUT2D eigenvalue weighted by Crippen LogP contribution is 2.27. The third-order valence-corrected chi connectivity index (χ3v) is 15.7. The molecule has 12 heteroatoms. The van der Waals surface area contributed by atoms with Gasteiger partial charge in [0.1, 0.15) is 18.8 Å². The fourth-order valence-electron chi connectivity index (χ4n) is 10.6. The summed E-state index contributed by atoms with van der Waals surface area (Å²) in [5.74, 6) is -3.06. The van der Waals surface area contributed by atoms with Gasteiger partial charge >= 0.3 is 23.9 Å². The lowest BCUT2D eigenvalue weighted by Gasteiger charge is -2.40. The minimum absolute atomic E-state index is 0.0710. The molecular weight excluding hydrogens is 973 g/mol. The van der Waals surface area contributed by atoms with E-state index in [2.05, 4.69) is 20.8 Å². The number of ether oxygens (including phenoxy) is 5. The SMILES string of the molecule is CCCCCCCCCCCCCCCCCCCCCC(=O)OCC(COC1OC(C(=O)O)C(O)C(O)C1OC(=O)CCCCCCCCCCCCCCCCC)OC(=O)CCCCCCCCCCCCCCC. The van der Waals surface area contributed by atoms with Crippen molar-refractivity contribution in [3.63, 3.8) is 0 Å². The Morgan fingerprint density at radius 1 is 0.377 bits per heavy atom. The normalized spacial score (nSPS) is 17.9. The van der Waals surface area contributed by atoms with Gasteiger partial charge in [0.25, 0.3) is 0 Å². The molecule has 6 unspecified atom stereocenters. The lowest BCUT2D eigenvalue weighted by atomic mass is 9.98. The number of unbranched alkanes of at least 4 members (excludes halogenated alkanes) is 44. The van der Waals surface area contributed by atoms with E-state index in [0.717, 1.165) is 57.8 Å². The summed E-state index contributed by atoms with van der Waals surface area (Å²) < 4.78 is 28.6. The van der Waals surface area contributed by atoms with E-state index in [0.29, 0.717) is 19.3 Å². The van der Waals surface area contributed by atoms with Crippen LogP contribution in [0.5, 0.6) is 0 Å². The number of aliphatic hydroxyl groups is 2. The van der Waals surface area contributed by atoms with Crippen molar-refractivity contribution < 1.29 is 58.2 Å². The van der Waals surface area contributed by atoms with Crippen LogP contribution in [0, 0.1) is 0 Å². The average molecular weight is 1100 g/mol. The summed E-state index contributed by atoms with van der Waals surface area (Å²) >= 11 is 0. The van der Waals surface area contributed by atoms with Gasteiger partial charge in [0.05, 0.1) is 6.61 Å². The van der Waals surface area contributed by atoms with Gasteiger partial charge in [-0.25, -0.2) is 4.79 Å². The van der Waals surface area contributed by atoms with Crippen LogP contribution < -0.4 is 0 Å². The maximum absolute atomic E-state index is 13.2. The molecular formula is C65H122O12. The quantitative estimate of drug-likeness (QED) is 0.0299. The van der Waals surface area contributed by atoms with E-state index in [9.17, 15) is 34.5 Å². The Labute approximate surface area is 472 Å². The lowest BCUT2D eigenvalue weighted by molar-refractivity contribution is -0.301. The van der Waals surface area contributed by atoms with Crippen LogP contribution in [0.4, 0.5) is 0 Å². The van der Waals surface area contributed by atoms with Crippen molar-refractivity contribution in [1.82, 2.24) is 0 Å². The topological polar surface area (TPSA) is 175 Å². The number of esters is 3. The Kier molecular flexibility index (Phi) is 51.3. The van der Waals surface area contributed by atoms with Gasteiger partial charge in [0.2, 0.25) is 0 Å². The van der Waals surface area contributed by atoms with Gasteiger partial charge in [-0.3, -0.25) is 14.4 Å². The molecule has 1 aliphatic rings. The van der Waals surface area contributed by atoms with Crippen molar-refractivity contribution in [3.05, 3.63) is 0 Å². The van der Waals surface area contributed by atoms with E-state index >= 15 is 0 Å². The predicted molar refractivity (Wildman–Crippen MR) is 313 cm³/mol. The van der Waals surface area contributed by atoms with Gasteiger partial charge in [-0.1, -0.05) is 303 Å². The van der Waals surface area contributed by atoms with E-state index < -0.39 is 67.3 Å². The molecule has 454 valence electrons. The van der Waals surface area contributed by atoms with E-state index in [1.807, 2.05) is 0 Å². The van der Waals surface area contributed by atoms with Gasteiger partial charge in [-0.05, 0) is 19.3 Å². The molecule has 1 rings (SSSR count). The van der Waals surface area contributed by atoms with E-state index in [-0.39, 0.29) is 25.9 Å². The van der Waals surface area contributed by atoms with Gasteiger partial charge in [-0.2, -0.15) is 0 Å². The Bertz CT molecular complexity index is 1340. The number of hydrogen-bond donors (Lipinski definition) is 3. The number of aliphatic carboxylic acids is 1. The predicted octanol–water partition coefficient (Wildman–Crippen LogP) is 17.5. The smallest absolute Gasteiger partial charge is 0.335 e. The zero-order valence-corrected chi connectivity index (χ0v) is 50.2. The molecule has 0 aliphatic carbocycles. The van der Waals surface area contributed by atoms with Crippen molar-refractivity contribution in [2.24, 2.45) is 0 Å². The molecule has 3 N–H and O–H groups in total. The number of carbonyl (C=O) groups is 4. The molecule has 12 nitrogen and oxygen atoms in total. The Hall–Kier alpha value is -2.28. The molecule has 1 aliphatic heterocycles. The van der Waals surface area contributed by atoms with Gasteiger partial charge < -0.3 is 39.0 Å². The number of rotatable bonds is 58. The highest BCUT2D eigenvalue weighted by Gasteiger charge is 2.50. The van der Waals surface area contributed by atoms with Gasteiger partial charge in [-0.15, -0.1) is 0 Å². The van der Waals surface area contributed by atoms with E-state index in [1.54, 1.807) is 0 Å². The Balaban J connectivity index is 2.61. The lowest BCUT2D eigenvalue weighted by Crippen LogP contribution is -2.61. The molecule has 0 radical (unpaired) electrons. The van der Waals surface area contributed by atoms with Crippen LogP contribution in [-0.4, -0.2) is 89.2 Å². The molecule has 6 atom stereocenters. The second-order valence-corrected chi connectivity index (χ2v) is 23.1. The van der Waals surface area contributed by atoms with Crippen LogP contribution in [0.3, 0.4) is 0 Å². The third kappa shape index (κ3) is 44.1. The molecule has 1 fully saturated rings. The molecule has 77 heavy (non-hydrogen) atoms. The molecule has 0 spiro atoms. The number of carboxylic acids is 1. The van der Waals surface area contributed by atoms with Gasteiger partial charge in [0, 0.05) is 19.3 Å². The monoisotopic (exact) mass is 1090 g/mol. The zero-order valence-electron chi connectivity index (χ0n) is 50.2. The van der Waals surface area contributed by atoms with Crippen LogP contribution in [0.1, 0.15) is 342 Å². The second kappa shape index (κ2) is 54.3.